The van der Waals surface area contributed by atoms with Gasteiger partial charge in [0.1, 0.15) is 5.75 Å². The fraction of sp³-hybridized carbons (Fsp3) is 0.167. The molecular weight excluding hydrogens is 344 g/mol. The molecule has 0 heterocycles. The van der Waals surface area contributed by atoms with Gasteiger partial charge < -0.3 is 9.47 Å². The van der Waals surface area contributed by atoms with E-state index in [4.69, 9.17) is 9.47 Å². The molecule has 0 amide bonds. The maximum atomic E-state index is 12.1. The second-order valence-electron chi connectivity index (χ2n) is 4.70. The maximum absolute atomic E-state index is 12.1. The molecule has 4 heteroatoms. The minimum absolute atomic E-state index is 0.160. The summed E-state index contributed by atoms with van der Waals surface area (Å²) < 4.78 is 11.7. The number of carbonyl (C=O) groups excluding carboxylic acids is 1. The van der Waals surface area contributed by atoms with Crippen LogP contribution in [0, 0.1) is 6.92 Å². The number of benzene rings is 2. The van der Waals surface area contributed by atoms with Crippen molar-refractivity contribution in [2.75, 3.05) is 6.61 Å². The van der Waals surface area contributed by atoms with Crippen LogP contribution in [-0.4, -0.2) is 12.6 Å². The predicted molar refractivity (Wildman–Crippen MR) is 90.6 cm³/mol. The molecule has 0 aliphatic rings. The standard InChI is InChI=1S/C18H17BrO3/c1-3-21-18(20)17(12-14-6-4-13(2)5-7-14)22-16-10-8-15(19)9-11-16/h4-12H,3H2,1-2H3/b17-12-. The van der Waals surface area contributed by atoms with Crippen molar-refractivity contribution in [2.24, 2.45) is 0 Å². The van der Waals surface area contributed by atoms with Gasteiger partial charge in [0.2, 0.25) is 5.76 Å². The van der Waals surface area contributed by atoms with E-state index in [-0.39, 0.29) is 5.76 Å². The van der Waals surface area contributed by atoms with Crippen molar-refractivity contribution in [3.8, 4) is 5.75 Å². The van der Waals surface area contributed by atoms with Crippen molar-refractivity contribution < 1.29 is 14.3 Å². The van der Waals surface area contributed by atoms with Crippen LogP contribution in [0.1, 0.15) is 18.1 Å². The molecular formula is C18H17BrO3. The molecule has 0 aliphatic carbocycles. The van der Waals surface area contributed by atoms with Crippen molar-refractivity contribution in [2.45, 2.75) is 13.8 Å². The molecule has 114 valence electrons. The highest BCUT2D eigenvalue weighted by Crippen LogP contribution is 2.20. The Bertz CT molecular complexity index is 658. The maximum Gasteiger partial charge on any atom is 0.374 e. The molecule has 0 radical (unpaired) electrons. The van der Waals surface area contributed by atoms with E-state index in [9.17, 15) is 4.79 Å². The van der Waals surface area contributed by atoms with Crippen LogP contribution in [0.4, 0.5) is 0 Å². The molecule has 22 heavy (non-hydrogen) atoms. The van der Waals surface area contributed by atoms with Crippen LogP contribution in [0.3, 0.4) is 0 Å². The normalized spacial score (nSPS) is 11.1. The van der Waals surface area contributed by atoms with Gasteiger partial charge in [-0.3, -0.25) is 0 Å². The third-order valence-corrected chi connectivity index (χ3v) is 3.42. The minimum Gasteiger partial charge on any atom is -0.460 e. The molecule has 0 N–H and O–H groups in total. The van der Waals surface area contributed by atoms with Crippen LogP contribution in [0.2, 0.25) is 0 Å². The Morgan fingerprint density at radius 3 is 2.32 bits per heavy atom. The Balaban J connectivity index is 2.27. The summed E-state index contributed by atoms with van der Waals surface area (Å²) in [5.41, 5.74) is 2.04. The van der Waals surface area contributed by atoms with Gasteiger partial charge in [-0.05, 0) is 49.8 Å². The lowest BCUT2D eigenvalue weighted by atomic mass is 10.1. The Morgan fingerprint density at radius 2 is 1.73 bits per heavy atom. The third kappa shape index (κ3) is 4.74. The summed E-state index contributed by atoms with van der Waals surface area (Å²) in [6, 6.07) is 15.1. The number of carbonyl (C=O) groups is 1. The van der Waals surface area contributed by atoms with E-state index in [1.807, 2.05) is 43.3 Å². The first-order valence-corrected chi connectivity index (χ1v) is 7.76. The van der Waals surface area contributed by atoms with Gasteiger partial charge in [-0.1, -0.05) is 45.8 Å². The fourth-order valence-corrected chi connectivity index (χ4v) is 2.04. The number of aryl methyl sites for hydroxylation is 1. The molecule has 0 unspecified atom stereocenters. The molecule has 0 saturated carbocycles. The summed E-state index contributed by atoms with van der Waals surface area (Å²) in [6.45, 7) is 4.08. The molecule has 0 atom stereocenters. The lowest BCUT2D eigenvalue weighted by Crippen LogP contribution is -2.12. The Kier molecular flexibility index (Phi) is 5.78. The van der Waals surface area contributed by atoms with Crippen LogP contribution >= 0.6 is 15.9 Å². The van der Waals surface area contributed by atoms with Gasteiger partial charge in [-0.2, -0.15) is 0 Å². The average molecular weight is 361 g/mol. The number of ether oxygens (including phenoxy) is 2. The zero-order chi connectivity index (χ0) is 15.9. The molecule has 0 saturated heterocycles. The van der Waals surface area contributed by atoms with Gasteiger partial charge >= 0.3 is 5.97 Å². The number of rotatable bonds is 5. The number of esters is 1. The van der Waals surface area contributed by atoms with E-state index in [0.29, 0.717) is 12.4 Å². The molecule has 0 aromatic heterocycles. The van der Waals surface area contributed by atoms with Gasteiger partial charge in [0, 0.05) is 4.47 Å². The molecule has 2 rings (SSSR count). The van der Waals surface area contributed by atoms with Crippen LogP contribution < -0.4 is 4.74 Å². The van der Waals surface area contributed by atoms with Crippen LogP contribution in [-0.2, 0) is 9.53 Å². The van der Waals surface area contributed by atoms with Gasteiger partial charge in [-0.25, -0.2) is 4.79 Å². The highest BCUT2D eigenvalue weighted by molar-refractivity contribution is 9.10. The Hall–Kier alpha value is -2.07. The van der Waals surface area contributed by atoms with Gasteiger partial charge in [0.05, 0.1) is 6.61 Å². The largest absolute Gasteiger partial charge is 0.460 e. The average Bonchev–Trinajstić information content (AvgIpc) is 2.51. The fourth-order valence-electron chi connectivity index (χ4n) is 1.78. The number of hydrogen-bond donors (Lipinski definition) is 0. The molecule has 0 aliphatic heterocycles. The van der Waals surface area contributed by atoms with Crippen molar-refractivity contribution in [1.82, 2.24) is 0 Å². The van der Waals surface area contributed by atoms with E-state index in [0.717, 1.165) is 15.6 Å². The first-order chi connectivity index (χ1) is 10.6. The van der Waals surface area contributed by atoms with E-state index in [1.54, 1.807) is 25.1 Å². The number of halogens is 1. The molecule has 0 fully saturated rings. The molecule has 0 bridgehead atoms. The van der Waals surface area contributed by atoms with E-state index < -0.39 is 5.97 Å². The van der Waals surface area contributed by atoms with E-state index >= 15 is 0 Å². The molecule has 0 spiro atoms. The molecule has 2 aromatic rings. The zero-order valence-electron chi connectivity index (χ0n) is 12.5. The summed E-state index contributed by atoms with van der Waals surface area (Å²) in [5.74, 6) is 0.258. The third-order valence-electron chi connectivity index (χ3n) is 2.89. The van der Waals surface area contributed by atoms with Crippen molar-refractivity contribution in [3.05, 3.63) is 69.9 Å². The predicted octanol–water partition coefficient (Wildman–Crippen LogP) is 4.74. The van der Waals surface area contributed by atoms with Crippen molar-refractivity contribution in [3.63, 3.8) is 0 Å². The topological polar surface area (TPSA) is 35.5 Å². The lowest BCUT2D eigenvalue weighted by molar-refractivity contribution is -0.140. The zero-order valence-corrected chi connectivity index (χ0v) is 14.1. The van der Waals surface area contributed by atoms with Gasteiger partial charge in [-0.15, -0.1) is 0 Å². The summed E-state index contributed by atoms with van der Waals surface area (Å²) in [5, 5.41) is 0. The second-order valence-corrected chi connectivity index (χ2v) is 5.61. The Morgan fingerprint density at radius 1 is 1.09 bits per heavy atom. The van der Waals surface area contributed by atoms with E-state index in [2.05, 4.69) is 15.9 Å². The minimum atomic E-state index is -0.481. The van der Waals surface area contributed by atoms with Crippen molar-refractivity contribution in [1.29, 1.82) is 0 Å². The van der Waals surface area contributed by atoms with Crippen LogP contribution in [0.25, 0.3) is 6.08 Å². The number of hydrogen-bond acceptors (Lipinski definition) is 3. The summed E-state index contributed by atoms with van der Waals surface area (Å²) in [6.07, 6.45) is 1.68. The summed E-state index contributed by atoms with van der Waals surface area (Å²) in [7, 11) is 0. The van der Waals surface area contributed by atoms with E-state index in [1.165, 1.54) is 0 Å². The highest BCUT2D eigenvalue weighted by Gasteiger charge is 2.13. The quantitative estimate of drug-likeness (QED) is 0.438. The van der Waals surface area contributed by atoms with Gasteiger partial charge in [0.15, 0.2) is 0 Å². The summed E-state index contributed by atoms with van der Waals surface area (Å²) >= 11 is 3.36. The summed E-state index contributed by atoms with van der Waals surface area (Å²) in [4.78, 5) is 12.1. The smallest absolute Gasteiger partial charge is 0.374 e. The Labute approximate surface area is 138 Å². The first kappa shape index (κ1) is 16.3. The van der Waals surface area contributed by atoms with Crippen molar-refractivity contribution >= 4 is 28.0 Å². The van der Waals surface area contributed by atoms with Crippen LogP contribution in [0.5, 0.6) is 5.75 Å². The molecule has 3 nitrogen and oxygen atoms in total. The SMILES string of the molecule is CCOC(=O)/C(=C/c1ccc(C)cc1)Oc1ccc(Br)cc1. The first-order valence-electron chi connectivity index (χ1n) is 6.97. The van der Waals surface area contributed by atoms with Crippen LogP contribution in [0.15, 0.2) is 58.8 Å². The van der Waals surface area contributed by atoms with Gasteiger partial charge in [0.25, 0.3) is 0 Å². The lowest BCUT2D eigenvalue weighted by Gasteiger charge is -2.09. The second kappa shape index (κ2) is 7.80. The monoisotopic (exact) mass is 360 g/mol. The highest BCUT2D eigenvalue weighted by atomic mass is 79.9. The molecule has 2 aromatic carbocycles.